The summed E-state index contributed by atoms with van der Waals surface area (Å²) in [7, 11) is 1.47. The quantitative estimate of drug-likeness (QED) is 0.729. The summed E-state index contributed by atoms with van der Waals surface area (Å²) < 4.78 is 4.97. The van der Waals surface area contributed by atoms with E-state index in [1.54, 1.807) is 0 Å². The Kier molecular flexibility index (Phi) is 6.96. The highest BCUT2D eigenvalue weighted by Gasteiger charge is 2.36. The van der Waals surface area contributed by atoms with E-state index in [2.05, 4.69) is 24.1 Å². The maximum absolute atomic E-state index is 12.0. The van der Waals surface area contributed by atoms with Crippen LogP contribution in [0.3, 0.4) is 0 Å². The second kappa shape index (κ2) is 7.99. The first-order chi connectivity index (χ1) is 9.46. The van der Waals surface area contributed by atoms with Crippen LogP contribution in [0.15, 0.2) is 0 Å². The van der Waals surface area contributed by atoms with Gasteiger partial charge in [-0.2, -0.15) is 0 Å². The third-order valence-electron chi connectivity index (χ3n) is 4.76. The van der Waals surface area contributed by atoms with Gasteiger partial charge in [0.25, 0.3) is 0 Å². The number of likely N-dealkylation sites (tertiary alicyclic amines) is 1. The number of piperidine rings is 1. The molecule has 1 rings (SSSR count). The third-order valence-corrected chi connectivity index (χ3v) is 4.76. The Bertz CT molecular complexity index is 301. The van der Waals surface area contributed by atoms with Gasteiger partial charge in [-0.1, -0.05) is 20.3 Å². The number of nitrogens with one attached hydrogen (secondary N) is 1. The van der Waals surface area contributed by atoms with Gasteiger partial charge in [0.2, 0.25) is 0 Å². The zero-order valence-electron chi connectivity index (χ0n) is 13.9. The zero-order valence-corrected chi connectivity index (χ0v) is 13.9. The molecule has 0 aromatic heterocycles. The van der Waals surface area contributed by atoms with Gasteiger partial charge in [-0.3, -0.25) is 4.79 Å². The van der Waals surface area contributed by atoms with Gasteiger partial charge in [-0.25, -0.2) is 0 Å². The third kappa shape index (κ3) is 4.45. The first-order valence-electron chi connectivity index (χ1n) is 8.04. The summed E-state index contributed by atoms with van der Waals surface area (Å²) in [5, 5.41) is 3.30. The molecule has 1 fully saturated rings. The van der Waals surface area contributed by atoms with E-state index in [-0.39, 0.29) is 5.97 Å². The van der Waals surface area contributed by atoms with Crippen molar-refractivity contribution in [2.24, 2.45) is 5.92 Å². The highest BCUT2D eigenvalue weighted by atomic mass is 16.5. The standard InChI is InChI=1S/C16H32N2O2/c1-6-14-8-10-18(11-9-14)13(3)12-16(4,17-7-2)15(19)20-5/h13-14,17H,6-12H2,1-5H3. The van der Waals surface area contributed by atoms with Crippen LogP contribution in [-0.2, 0) is 9.53 Å². The van der Waals surface area contributed by atoms with Gasteiger partial charge in [0.05, 0.1) is 7.11 Å². The van der Waals surface area contributed by atoms with Crippen LogP contribution in [0.1, 0.15) is 53.4 Å². The minimum Gasteiger partial charge on any atom is -0.468 e. The number of carbonyl (C=O) groups is 1. The molecule has 4 nitrogen and oxygen atoms in total. The van der Waals surface area contributed by atoms with Crippen LogP contribution in [0.5, 0.6) is 0 Å². The van der Waals surface area contributed by atoms with Gasteiger partial charge >= 0.3 is 5.97 Å². The van der Waals surface area contributed by atoms with Crippen LogP contribution in [0.4, 0.5) is 0 Å². The number of hydrogen-bond acceptors (Lipinski definition) is 4. The second-order valence-corrected chi connectivity index (χ2v) is 6.29. The highest BCUT2D eigenvalue weighted by Crippen LogP contribution is 2.25. The number of hydrogen-bond donors (Lipinski definition) is 1. The van der Waals surface area contributed by atoms with Crippen LogP contribution >= 0.6 is 0 Å². The van der Waals surface area contributed by atoms with E-state index >= 15 is 0 Å². The number of esters is 1. The van der Waals surface area contributed by atoms with Crippen molar-refractivity contribution in [1.29, 1.82) is 0 Å². The molecule has 118 valence electrons. The summed E-state index contributed by atoms with van der Waals surface area (Å²) in [5.74, 6) is 0.730. The molecule has 0 spiro atoms. The fourth-order valence-corrected chi connectivity index (χ4v) is 3.36. The van der Waals surface area contributed by atoms with Crippen molar-refractivity contribution >= 4 is 5.97 Å². The van der Waals surface area contributed by atoms with Gasteiger partial charge in [-0.15, -0.1) is 0 Å². The molecule has 1 saturated heterocycles. The van der Waals surface area contributed by atoms with Gasteiger partial charge in [0.15, 0.2) is 0 Å². The van der Waals surface area contributed by atoms with Crippen molar-refractivity contribution in [2.45, 2.75) is 65.0 Å². The Morgan fingerprint density at radius 2 is 2.00 bits per heavy atom. The summed E-state index contributed by atoms with van der Waals surface area (Å²) >= 11 is 0. The molecule has 0 radical (unpaired) electrons. The number of ether oxygens (including phenoxy) is 1. The van der Waals surface area contributed by atoms with E-state index in [0.29, 0.717) is 6.04 Å². The van der Waals surface area contributed by atoms with Crippen molar-refractivity contribution in [2.75, 3.05) is 26.7 Å². The molecule has 20 heavy (non-hydrogen) atoms. The lowest BCUT2D eigenvalue weighted by Crippen LogP contribution is -2.54. The molecule has 1 aliphatic heterocycles. The number of nitrogens with zero attached hydrogens (tertiary/aromatic N) is 1. The molecule has 1 aliphatic rings. The van der Waals surface area contributed by atoms with E-state index < -0.39 is 5.54 Å². The average molecular weight is 284 g/mol. The number of rotatable bonds is 7. The Labute approximate surface area is 124 Å². The second-order valence-electron chi connectivity index (χ2n) is 6.29. The number of likely N-dealkylation sites (N-methyl/N-ethyl adjacent to an activating group) is 1. The van der Waals surface area contributed by atoms with Gasteiger partial charge < -0.3 is 15.0 Å². The molecular weight excluding hydrogens is 252 g/mol. The SMILES string of the molecule is CCNC(C)(CC(C)N1CCC(CC)CC1)C(=O)OC. The largest absolute Gasteiger partial charge is 0.468 e. The molecule has 4 heteroatoms. The molecular formula is C16H32N2O2. The van der Waals surface area contributed by atoms with E-state index in [9.17, 15) is 4.79 Å². The topological polar surface area (TPSA) is 41.6 Å². The molecule has 1 heterocycles. The summed E-state index contributed by atoms with van der Waals surface area (Å²) in [6, 6.07) is 0.399. The summed E-state index contributed by atoms with van der Waals surface area (Å²) in [5.41, 5.74) is -0.579. The van der Waals surface area contributed by atoms with E-state index in [1.165, 1.54) is 26.4 Å². The minimum atomic E-state index is -0.579. The molecule has 0 aromatic carbocycles. The van der Waals surface area contributed by atoms with Crippen LogP contribution in [0, 0.1) is 5.92 Å². The summed E-state index contributed by atoms with van der Waals surface area (Å²) in [6.45, 7) is 11.6. The molecule has 2 atom stereocenters. The number of carbonyl (C=O) groups excluding carboxylic acids is 1. The first-order valence-corrected chi connectivity index (χ1v) is 8.04. The molecule has 0 bridgehead atoms. The van der Waals surface area contributed by atoms with Crippen LogP contribution in [0.25, 0.3) is 0 Å². The molecule has 0 aliphatic carbocycles. The normalized spacial score (nSPS) is 22.2. The van der Waals surface area contributed by atoms with Crippen molar-refractivity contribution in [3.8, 4) is 0 Å². The Balaban J connectivity index is 2.58. The van der Waals surface area contributed by atoms with Crippen molar-refractivity contribution in [1.82, 2.24) is 10.2 Å². The lowest BCUT2D eigenvalue weighted by molar-refractivity contribution is -0.148. The first kappa shape index (κ1) is 17.4. The van der Waals surface area contributed by atoms with Gasteiger partial charge in [0.1, 0.15) is 5.54 Å². The van der Waals surface area contributed by atoms with E-state index in [0.717, 1.165) is 32.0 Å². The Morgan fingerprint density at radius 3 is 2.45 bits per heavy atom. The Morgan fingerprint density at radius 1 is 1.40 bits per heavy atom. The van der Waals surface area contributed by atoms with E-state index in [1.807, 2.05) is 13.8 Å². The van der Waals surface area contributed by atoms with Crippen LogP contribution < -0.4 is 5.32 Å². The predicted molar refractivity (Wildman–Crippen MR) is 82.8 cm³/mol. The van der Waals surface area contributed by atoms with Gasteiger partial charge in [-0.05, 0) is 58.7 Å². The monoisotopic (exact) mass is 284 g/mol. The lowest BCUT2D eigenvalue weighted by Gasteiger charge is -2.39. The fourth-order valence-electron chi connectivity index (χ4n) is 3.36. The molecule has 2 unspecified atom stereocenters. The lowest BCUT2D eigenvalue weighted by atomic mass is 9.89. The van der Waals surface area contributed by atoms with Crippen LogP contribution in [0.2, 0.25) is 0 Å². The Hall–Kier alpha value is -0.610. The molecule has 0 aromatic rings. The van der Waals surface area contributed by atoms with E-state index in [4.69, 9.17) is 4.74 Å². The zero-order chi connectivity index (χ0) is 15.2. The fraction of sp³-hybridized carbons (Fsp3) is 0.938. The molecule has 0 saturated carbocycles. The van der Waals surface area contributed by atoms with Gasteiger partial charge in [0, 0.05) is 6.04 Å². The maximum atomic E-state index is 12.0. The highest BCUT2D eigenvalue weighted by molar-refractivity contribution is 5.80. The summed E-state index contributed by atoms with van der Waals surface area (Å²) in [6.07, 6.45) is 4.66. The molecule has 1 N–H and O–H groups in total. The molecule has 0 amide bonds. The van der Waals surface area contributed by atoms with Crippen molar-refractivity contribution < 1.29 is 9.53 Å². The van der Waals surface area contributed by atoms with Crippen molar-refractivity contribution in [3.63, 3.8) is 0 Å². The average Bonchev–Trinajstić information content (AvgIpc) is 2.46. The number of methoxy groups -OCH3 is 1. The predicted octanol–water partition coefficient (Wildman–Crippen LogP) is 2.43. The minimum absolute atomic E-state index is 0.158. The van der Waals surface area contributed by atoms with Crippen molar-refractivity contribution in [3.05, 3.63) is 0 Å². The maximum Gasteiger partial charge on any atom is 0.325 e. The smallest absolute Gasteiger partial charge is 0.325 e. The van der Waals surface area contributed by atoms with Crippen LogP contribution in [-0.4, -0.2) is 49.2 Å². The summed E-state index contributed by atoms with van der Waals surface area (Å²) in [4.78, 5) is 14.6.